The molecule has 1 aromatic rings. The Kier molecular flexibility index (Phi) is 4.24. The van der Waals surface area contributed by atoms with E-state index in [1.54, 1.807) is 0 Å². The lowest BCUT2D eigenvalue weighted by molar-refractivity contribution is -0.124. The van der Waals surface area contributed by atoms with Crippen molar-refractivity contribution in [1.82, 2.24) is 20.6 Å². The van der Waals surface area contributed by atoms with E-state index in [4.69, 9.17) is 9.97 Å². The molecule has 0 aromatic carbocycles. The minimum Gasteiger partial charge on any atom is -0.354 e. The Bertz CT molecular complexity index is 715. The average Bonchev–Trinajstić information content (AvgIpc) is 2.78. The minimum atomic E-state index is -0.857. The Hall–Kier alpha value is -2.18. The first-order valence-corrected chi connectivity index (χ1v) is 9.19. The largest absolute Gasteiger partial charge is 0.354 e. The molecule has 142 valence electrons. The summed E-state index contributed by atoms with van der Waals surface area (Å²) in [5.41, 5.74) is -0.164. The molecule has 1 atom stereocenters. The summed E-state index contributed by atoms with van der Waals surface area (Å²) < 4.78 is 0. The van der Waals surface area contributed by atoms with Crippen LogP contribution in [0.4, 0.5) is 10.6 Å². The average molecular weight is 359 g/mol. The third-order valence-electron chi connectivity index (χ3n) is 4.98. The highest BCUT2D eigenvalue weighted by molar-refractivity contribution is 6.07. The summed E-state index contributed by atoms with van der Waals surface area (Å²) in [7, 11) is 0. The number of hydrogen-bond acceptors (Lipinski definition) is 5. The molecule has 3 amide bonds. The number of aromatic nitrogens is 2. The van der Waals surface area contributed by atoms with E-state index in [0.29, 0.717) is 13.0 Å². The lowest BCUT2D eigenvalue weighted by atomic mass is 9.88. The van der Waals surface area contributed by atoms with Gasteiger partial charge in [-0.05, 0) is 12.8 Å². The van der Waals surface area contributed by atoms with E-state index < -0.39 is 11.6 Å². The van der Waals surface area contributed by atoms with Gasteiger partial charge < -0.3 is 10.2 Å². The number of piperidine rings is 1. The van der Waals surface area contributed by atoms with Gasteiger partial charge in [0.1, 0.15) is 17.2 Å². The molecule has 7 nitrogen and oxygen atoms in total. The summed E-state index contributed by atoms with van der Waals surface area (Å²) in [6.45, 7) is 13.9. The topological polar surface area (TPSA) is 87.2 Å². The molecule has 2 fully saturated rings. The molecule has 3 rings (SSSR count). The van der Waals surface area contributed by atoms with Crippen LogP contribution in [0, 0.1) is 0 Å². The highest BCUT2D eigenvalue weighted by Gasteiger charge is 2.49. The number of urea groups is 1. The zero-order chi connectivity index (χ0) is 19.3. The number of amides is 3. The molecule has 0 radical (unpaired) electrons. The molecule has 2 aliphatic heterocycles. The molecular weight excluding hydrogens is 330 g/mol. The standard InChI is InChI=1S/C19H29N5O2/c1-17(2,3)12-10-13(21-14(20-12)18(4,5)6)24-9-7-8-19(11-24)15(25)22-16(26)23-19/h10H,7-9,11H2,1-6H3,(H2,22,23,25,26). The number of nitrogens with zero attached hydrogens (tertiary/aromatic N) is 3. The molecule has 26 heavy (non-hydrogen) atoms. The van der Waals surface area contributed by atoms with Crippen LogP contribution in [0.1, 0.15) is 65.9 Å². The van der Waals surface area contributed by atoms with Crippen molar-refractivity contribution in [2.24, 2.45) is 0 Å². The second-order valence-electron chi connectivity index (χ2n) is 9.45. The minimum absolute atomic E-state index is 0.107. The number of carbonyl (C=O) groups is 2. The summed E-state index contributed by atoms with van der Waals surface area (Å²) in [6.07, 6.45) is 1.46. The van der Waals surface area contributed by atoms with Crippen molar-refractivity contribution >= 4 is 17.8 Å². The Labute approximate surface area is 155 Å². The Morgan fingerprint density at radius 2 is 1.77 bits per heavy atom. The number of anilines is 1. The van der Waals surface area contributed by atoms with Crippen LogP contribution in [0.2, 0.25) is 0 Å². The molecule has 0 aliphatic carbocycles. The molecule has 3 heterocycles. The van der Waals surface area contributed by atoms with Gasteiger partial charge in [0.15, 0.2) is 0 Å². The SMILES string of the molecule is CC(C)(C)c1cc(N2CCCC3(C2)NC(=O)NC3=O)nc(C(C)(C)C)n1. The zero-order valence-electron chi connectivity index (χ0n) is 16.6. The molecule has 0 saturated carbocycles. The normalized spacial score (nSPS) is 24.0. The van der Waals surface area contributed by atoms with Gasteiger partial charge in [0.25, 0.3) is 5.91 Å². The second-order valence-corrected chi connectivity index (χ2v) is 9.45. The number of imide groups is 1. The third kappa shape index (κ3) is 3.39. The van der Waals surface area contributed by atoms with Crippen LogP contribution in [0.3, 0.4) is 0 Å². The molecule has 1 unspecified atom stereocenters. The first kappa shape index (κ1) is 18.6. The van der Waals surface area contributed by atoms with E-state index >= 15 is 0 Å². The van der Waals surface area contributed by atoms with Gasteiger partial charge >= 0.3 is 6.03 Å². The van der Waals surface area contributed by atoms with E-state index in [9.17, 15) is 9.59 Å². The van der Waals surface area contributed by atoms with Crippen molar-refractivity contribution in [3.05, 3.63) is 17.6 Å². The van der Waals surface area contributed by atoms with Gasteiger partial charge in [-0.2, -0.15) is 0 Å². The van der Waals surface area contributed by atoms with E-state index in [0.717, 1.165) is 30.3 Å². The lowest BCUT2D eigenvalue weighted by Crippen LogP contribution is -2.58. The van der Waals surface area contributed by atoms with E-state index in [1.165, 1.54) is 0 Å². The smallest absolute Gasteiger partial charge is 0.322 e. The van der Waals surface area contributed by atoms with Crippen molar-refractivity contribution in [2.45, 2.75) is 70.8 Å². The van der Waals surface area contributed by atoms with Crippen molar-refractivity contribution in [3.63, 3.8) is 0 Å². The fourth-order valence-corrected chi connectivity index (χ4v) is 3.38. The number of hydrogen-bond donors (Lipinski definition) is 2. The first-order valence-electron chi connectivity index (χ1n) is 9.19. The highest BCUT2D eigenvalue weighted by Crippen LogP contribution is 2.31. The molecule has 2 N–H and O–H groups in total. The molecular formula is C19H29N5O2. The molecule has 0 bridgehead atoms. The predicted octanol–water partition coefficient (Wildman–Crippen LogP) is 2.25. The van der Waals surface area contributed by atoms with Crippen LogP contribution >= 0.6 is 0 Å². The van der Waals surface area contributed by atoms with Crippen LogP contribution < -0.4 is 15.5 Å². The number of carbonyl (C=O) groups excluding carboxylic acids is 2. The summed E-state index contributed by atoms with van der Waals surface area (Å²) in [5, 5.41) is 5.20. The fraction of sp³-hybridized carbons (Fsp3) is 0.684. The molecule has 2 saturated heterocycles. The quantitative estimate of drug-likeness (QED) is 0.751. The van der Waals surface area contributed by atoms with Gasteiger partial charge in [0.2, 0.25) is 0 Å². The summed E-state index contributed by atoms with van der Waals surface area (Å²) in [6, 6.07) is 1.61. The van der Waals surface area contributed by atoms with Crippen molar-refractivity contribution in [1.29, 1.82) is 0 Å². The Morgan fingerprint density at radius 3 is 2.31 bits per heavy atom. The van der Waals surface area contributed by atoms with Gasteiger partial charge in [-0.15, -0.1) is 0 Å². The third-order valence-corrected chi connectivity index (χ3v) is 4.98. The summed E-state index contributed by atoms with van der Waals surface area (Å²) in [4.78, 5) is 35.7. The first-order chi connectivity index (χ1) is 11.9. The van der Waals surface area contributed by atoms with E-state index in [2.05, 4.69) is 57.1 Å². The highest BCUT2D eigenvalue weighted by atomic mass is 16.2. The van der Waals surface area contributed by atoms with Gasteiger partial charge in [-0.25, -0.2) is 14.8 Å². The predicted molar refractivity (Wildman–Crippen MR) is 100 cm³/mol. The van der Waals surface area contributed by atoms with Crippen molar-refractivity contribution in [2.75, 3.05) is 18.0 Å². The number of rotatable bonds is 1. The van der Waals surface area contributed by atoms with Crippen LogP contribution in [0.15, 0.2) is 6.07 Å². The molecule has 7 heteroatoms. The summed E-state index contributed by atoms with van der Waals surface area (Å²) in [5.74, 6) is 1.37. The molecule has 2 aliphatic rings. The van der Waals surface area contributed by atoms with Crippen LogP contribution in [-0.4, -0.2) is 40.5 Å². The second kappa shape index (κ2) is 5.93. The van der Waals surface area contributed by atoms with Gasteiger partial charge in [0, 0.05) is 23.4 Å². The van der Waals surface area contributed by atoms with Gasteiger partial charge in [0.05, 0.1) is 12.2 Å². The van der Waals surface area contributed by atoms with Crippen LogP contribution in [0.5, 0.6) is 0 Å². The van der Waals surface area contributed by atoms with E-state index in [-0.39, 0.29) is 16.7 Å². The molecule has 1 aromatic heterocycles. The maximum absolute atomic E-state index is 12.3. The Balaban J connectivity index is 2.00. The zero-order valence-corrected chi connectivity index (χ0v) is 16.6. The van der Waals surface area contributed by atoms with Crippen molar-refractivity contribution < 1.29 is 9.59 Å². The van der Waals surface area contributed by atoms with Crippen LogP contribution in [-0.2, 0) is 15.6 Å². The molecule has 1 spiro atoms. The van der Waals surface area contributed by atoms with Gasteiger partial charge in [-0.1, -0.05) is 41.5 Å². The maximum Gasteiger partial charge on any atom is 0.322 e. The van der Waals surface area contributed by atoms with Crippen molar-refractivity contribution in [3.8, 4) is 0 Å². The monoisotopic (exact) mass is 359 g/mol. The summed E-state index contributed by atoms with van der Waals surface area (Å²) >= 11 is 0. The Morgan fingerprint density at radius 1 is 1.08 bits per heavy atom. The number of nitrogens with one attached hydrogen (secondary N) is 2. The lowest BCUT2D eigenvalue weighted by Gasteiger charge is -2.39. The fourth-order valence-electron chi connectivity index (χ4n) is 3.38. The van der Waals surface area contributed by atoms with E-state index in [1.807, 2.05) is 6.07 Å². The maximum atomic E-state index is 12.3. The van der Waals surface area contributed by atoms with Crippen LogP contribution in [0.25, 0.3) is 0 Å². The van der Waals surface area contributed by atoms with Gasteiger partial charge in [-0.3, -0.25) is 10.1 Å².